The minimum Gasteiger partial charge on any atom is -0.325 e. The Balaban J connectivity index is 3.60. The predicted molar refractivity (Wildman–Crippen MR) is 124 cm³/mol. The number of carbonyl (C=O) groups is 1. The lowest BCUT2D eigenvalue weighted by Crippen LogP contribution is -2.33. The number of carbonyl (C=O) groups excluding carboxylic acids is 1. The van der Waals surface area contributed by atoms with Crippen LogP contribution in [0.25, 0.3) is 0 Å². The molecular weight excluding hydrogens is 464 g/mol. The first-order chi connectivity index (χ1) is 14.2. The van der Waals surface area contributed by atoms with Gasteiger partial charge in [-0.05, 0) is 79.7 Å². The summed E-state index contributed by atoms with van der Waals surface area (Å²) in [5, 5.41) is 1.24. The van der Waals surface area contributed by atoms with E-state index in [1.165, 1.54) is 0 Å². The van der Waals surface area contributed by atoms with Gasteiger partial charge in [0.15, 0.2) is 0 Å². The van der Waals surface area contributed by atoms with Crippen molar-refractivity contribution in [3.8, 4) is 0 Å². The van der Waals surface area contributed by atoms with Crippen molar-refractivity contribution < 1.29 is 32.0 Å². The Labute approximate surface area is 190 Å². The van der Waals surface area contributed by atoms with Gasteiger partial charge in [-0.3, -0.25) is 13.9 Å². The summed E-state index contributed by atoms with van der Waals surface area (Å²) >= 11 is 5.90. The normalized spacial score (nSPS) is 13.1. The molecule has 0 aliphatic carbocycles. The molecule has 0 bridgehead atoms. The van der Waals surface area contributed by atoms with Crippen LogP contribution in [0.1, 0.15) is 55.4 Å². The zero-order chi connectivity index (χ0) is 24.0. The van der Waals surface area contributed by atoms with Crippen LogP contribution < -0.4 is 5.32 Å². The average Bonchev–Trinajstić information content (AvgIpc) is 2.53. The van der Waals surface area contributed by atoms with Crippen LogP contribution in [-0.4, -0.2) is 35.7 Å². The molecule has 0 atom stereocenters. The number of rotatable bonds is 12. The molecule has 178 valence electrons. The van der Waals surface area contributed by atoms with E-state index in [0.29, 0.717) is 10.7 Å². The van der Waals surface area contributed by atoms with Crippen LogP contribution in [0.3, 0.4) is 0 Å². The van der Waals surface area contributed by atoms with E-state index in [1.54, 1.807) is 79.7 Å². The lowest BCUT2D eigenvalue weighted by atomic mass is 10.3. The van der Waals surface area contributed by atoms with Gasteiger partial charge in [-0.25, -0.2) is 0 Å². The Morgan fingerprint density at radius 1 is 0.742 bits per heavy atom. The molecule has 0 radical (unpaired) electrons. The second kappa shape index (κ2) is 11.9. The molecule has 31 heavy (non-hydrogen) atoms. The highest BCUT2D eigenvalue weighted by molar-refractivity contribution is 7.74. The van der Waals surface area contributed by atoms with Crippen LogP contribution >= 0.6 is 26.8 Å². The van der Waals surface area contributed by atoms with Gasteiger partial charge in [0.05, 0.1) is 24.4 Å². The highest BCUT2D eigenvalue weighted by Gasteiger charge is 2.57. The number of hydrogen-bond donors (Lipinski definition) is 1. The molecule has 11 heteroatoms. The Morgan fingerprint density at radius 3 is 1.35 bits per heavy atom. The quantitative estimate of drug-likeness (QED) is 0.321. The molecule has 0 saturated carbocycles. The van der Waals surface area contributed by atoms with Crippen LogP contribution in [-0.2, 0) is 32.0 Å². The Bertz CT molecular complexity index is 746. The molecule has 0 aromatic heterocycles. The Kier molecular flexibility index (Phi) is 10.9. The van der Waals surface area contributed by atoms with Gasteiger partial charge in [-0.2, -0.15) is 0 Å². The highest BCUT2D eigenvalue weighted by atomic mass is 35.5. The van der Waals surface area contributed by atoms with Crippen LogP contribution in [0.15, 0.2) is 24.3 Å². The maximum atomic E-state index is 14.0. The highest BCUT2D eigenvalue weighted by Crippen LogP contribution is 2.72. The third kappa shape index (κ3) is 8.97. The molecule has 0 aliphatic rings. The second-order valence-electron chi connectivity index (χ2n) is 8.07. The van der Waals surface area contributed by atoms with Crippen molar-refractivity contribution in [2.24, 2.45) is 0 Å². The van der Waals surface area contributed by atoms with Gasteiger partial charge in [0.25, 0.3) is 5.91 Å². The van der Waals surface area contributed by atoms with E-state index in [-0.39, 0.29) is 0 Å². The maximum absolute atomic E-state index is 14.0. The van der Waals surface area contributed by atoms with E-state index in [4.69, 9.17) is 29.7 Å². The smallest absolute Gasteiger partial charge is 0.325 e. The third-order valence-electron chi connectivity index (χ3n) is 3.38. The summed E-state index contributed by atoms with van der Waals surface area (Å²) < 4.78 is 50.4. The van der Waals surface area contributed by atoms with E-state index in [2.05, 4.69) is 5.32 Å². The Morgan fingerprint density at radius 2 is 1.06 bits per heavy atom. The fourth-order valence-corrected chi connectivity index (χ4v) is 8.44. The Hall–Kier alpha value is -0.720. The summed E-state index contributed by atoms with van der Waals surface area (Å²) in [5.74, 6) is -0.864. The molecule has 1 aromatic carbocycles. The molecule has 1 rings (SSSR count). The van der Waals surface area contributed by atoms with Crippen LogP contribution in [0.4, 0.5) is 5.69 Å². The van der Waals surface area contributed by atoms with E-state index >= 15 is 0 Å². The van der Waals surface area contributed by atoms with Gasteiger partial charge >= 0.3 is 15.2 Å². The zero-order valence-corrected chi connectivity index (χ0v) is 21.9. The lowest BCUT2D eigenvalue weighted by Gasteiger charge is -2.34. The van der Waals surface area contributed by atoms with Crippen molar-refractivity contribution in [1.82, 2.24) is 0 Å². The summed E-state index contributed by atoms with van der Waals surface area (Å²) in [6.45, 7) is 13.1. The molecule has 0 aliphatic heterocycles. The van der Waals surface area contributed by atoms with Gasteiger partial charge in [-0.1, -0.05) is 11.6 Å². The summed E-state index contributed by atoms with van der Waals surface area (Å²) in [5.41, 5.74) is 0.362. The monoisotopic (exact) mass is 497 g/mol. The lowest BCUT2D eigenvalue weighted by molar-refractivity contribution is -0.115. The minimum atomic E-state index is -4.33. The van der Waals surface area contributed by atoms with E-state index < -0.39 is 50.9 Å². The number of halogens is 1. The first kappa shape index (κ1) is 28.3. The summed E-state index contributed by atoms with van der Waals surface area (Å²) in [7, 11) is -8.66. The van der Waals surface area contributed by atoms with Crippen molar-refractivity contribution in [2.75, 3.05) is 5.32 Å². The molecule has 0 heterocycles. The predicted octanol–water partition coefficient (Wildman–Crippen LogP) is 6.69. The van der Waals surface area contributed by atoms with E-state index in [0.717, 1.165) is 0 Å². The van der Waals surface area contributed by atoms with Crippen LogP contribution in [0, 0.1) is 0 Å². The largest absolute Gasteiger partial charge is 0.355 e. The molecule has 0 spiro atoms. The topological polar surface area (TPSA) is 100 Å². The van der Waals surface area contributed by atoms with Gasteiger partial charge in [0.1, 0.15) is 0 Å². The van der Waals surface area contributed by atoms with Gasteiger partial charge in [-0.15, -0.1) is 0 Å². The van der Waals surface area contributed by atoms with E-state index in [1.807, 2.05) is 0 Å². The molecule has 8 nitrogen and oxygen atoms in total. The van der Waals surface area contributed by atoms with Crippen LogP contribution in [0.5, 0.6) is 0 Å². The maximum Gasteiger partial charge on any atom is 0.355 e. The molecule has 0 saturated heterocycles. The van der Waals surface area contributed by atoms with Crippen molar-refractivity contribution in [3.63, 3.8) is 0 Å². The number of anilines is 1. The standard InChI is InChI=1S/C20H34ClNO7P2/c1-13(2)26-30(24,27-14(3)4)20(31(25,28-15(5)6)29-16(7)8)19(23)22-18-11-9-17(21)10-12-18/h9-16,20H,1-8H3,(H,22,23). The molecule has 1 N–H and O–H groups in total. The number of amides is 1. The summed E-state index contributed by atoms with van der Waals surface area (Å²) in [6.07, 6.45) is -2.33. The van der Waals surface area contributed by atoms with Crippen molar-refractivity contribution in [2.45, 2.75) is 85.2 Å². The number of benzene rings is 1. The first-order valence-corrected chi connectivity index (χ1v) is 13.8. The third-order valence-corrected chi connectivity index (χ3v) is 9.85. The van der Waals surface area contributed by atoms with Crippen molar-refractivity contribution >= 4 is 38.4 Å². The molecule has 0 fully saturated rings. The molecule has 1 aromatic rings. The number of nitrogens with one attached hydrogen (secondary N) is 1. The minimum absolute atomic E-state index is 0.362. The average molecular weight is 498 g/mol. The van der Waals surface area contributed by atoms with Gasteiger partial charge in [0, 0.05) is 10.7 Å². The van der Waals surface area contributed by atoms with Gasteiger partial charge in [0.2, 0.25) is 5.40 Å². The van der Waals surface area contributed by atoms with E-state index in [9.17, 15) is 13.9 Å². The van der Waals surface area contributed by atoms with Gasteiger partial charge < -0.3 is 23.4 Å². The fraction of sp³-hybridized carbons (Fsp3) is 0.650. The SMILES string of the molecule is CC(C)OP(=O)(OC(C)C)C(C(=O)Nc1ccc(Cl)cc1)P(=O)(OC(C)C)OC(C)C. The first-order valence-electron chi connectivity index (χ1n) is 10.2. The molecular formula is C20H34ClNO7P2. The van der Waals surface area contributed by atoms with Crippen molar-refractivity contribution in [3.05, 3.63) is 29.3 Å². The van der Waals surface area contributed by atoms with Crippen molar-refractivity contribution in [1.29, 1.82) is 0 Å². The zero-order valence-electron chi connectivity index (χ0n) is 19.3. The fourth-order valence-electron chi connectivity index (χ4n) is 2.66. The van der Waals surface area contributed by atoms with Crippen LogP contribution in [0.2, 0.25) is 5.02 Å². The summed E-state index contributed by atoms with van der Waals surface area (Å²) in [4.78, 5) is 13.4. The molecule has 1 amide bonds. The second-order valence-corrected chi connectivity index (χ2v) is 12.9. The number of hydrogen-bond acceptors (Lipinski definition) is 7. The summed E-state index contributed by atoms with van der Waals surface area (Å²) in [6, 6.07) is 6.28. The molecule has 0 unspecified atom stereocenters.